The second kappa shape index (κ2) is 11.5. The lowest BCUT2D eigenvalue weighted by Gasteiger charge is -2.32. The summed E-state index contributed by atoms with van der Waals surface area (Å²) in [5, 5.41) is 15.1. The summed E-state index contributed by atoms with van der Waals surface area (Å²) in [7, 11) is 0. The number of rotatable bonds is 10. The van der Waals surface area contributed by atoms with E-state index < -0.39 is 41.3 Å². The van der Waals surface area contributed by atoms with Crippen molar-refractivity contribution in [2.75, 3.05) is 26.4 Å². The molecular formula is C24H40N2O10. The minimum atomic E-state index is -1.69. The van der Waals surface area contributed by atoms with Crippen LogP contribution in [0.1, 0.15) is 66.7 Å². The molecule has 3 aliphatic rings. The summed E-state index contributed by atoms with van der Waals surface area (Å²) in [6.07, 6.45) is 0.374. The van der Waals surface area contributed by atoms with Crippen LogP contribution in [0.15, 0.2) is 0 Å². The Balaban J connectivity index is 1.44. The maximum absolute atomic E-state index is 12.5. The van der Waals surface area contributed by atoms with Gasteiger partial charge < -0.3 is 44.2 Å². The Morgan fingerprint density at radius 3 is 2.33 bits per heavy atom. The second-order valence-corrected chi connectivity index (χ2v) is 10.7. The first-order chi connectivity index (χ1) is 16.8. The molecule has 1 aliphatic carbocycles. The van der Waals surface area contributed by atoms with E-state index in [-0.39, 0.29) is 37.8 Å². The topological polar surface area (TPSA) is 151 Å². The van der Waals surface area contributed by atoms with E-state index in [4.69, 9.17) is 28.4 Å². The van der Waals surface area contributed by atoms with Crippen molar-refractivity contribution in [1.82, 2.24) is 10.6 Å². The van der Waals surface area contributed by atoms with Crippen molar-refractivity contribution in [2.45, 2.75) is 102 Å². The first-order valence-electron chi connectivity index (χ1n) is 12.6. The Labute approximate surface area is 211 Å². The molecule has 2 saturated heterocycles. The SMILES string of the molecule is CC(COC(=O)NC1(C(=O)O)CCCC1NC(=O)OCCCC1COC(C)(C)O1)C1COC(C)(C)O1. The summed E-state index contributed by atoms with van der Waals surface area (Å²) in [4.78, 5) is 37.1. The lowest BCUT2D eigenvalue weighted by Crippen LogP contribution is -2.64. The van der Waals surface area contributed by atoms with E-state index in [2.05, 4.69) is 10.6 Å². The van der Waals surface area contributed by atoms with Crippen LogP contribution in [0.5, 0.6) is 0 Å². The van der Waals surface area contributed by atoms with Crippen LogP contribution in [0.25, 0.3) is 0 Å². The number of amides is 2. The Morgan fingerprint density at radius 2 is 1.72 bits per heavy atom. The number of hydrogen-bond acceptors (Lipinski definition) is 9. The molecule has 0 aromatic carbocycles. The number of carboxylic acids is 1. The Kier molecular flexibility index (Phi) is 9.07. The maximum Gasteiger partial charge on any atom is 0.408 e. The number of hydrogen-bond donors (Lipinski definition) is 3. The van der Waals surface area contributed by atoms with Gasteiger partial charge in [0.05, 0.1) is 44.7 Å². The standard InChI is InChI=1S/C24H40N2O10/c1-15(17-14-34-23(4,5)36-17)12-32-21(30)26-24(19(27)28)10-6-9-18(24)25-20(29)31-11-7-8-16-13-33-22(2,3)35-16/h15-18H,6-14H2,1-5H3,(H,25,29)(H,26,30)(H,27,28). The van der Waals surface area contributed by atoms with Crippen molar-refractivity contribution in [3.8, 4) is 0 Å². The molecule has 3 N–H and O–H groups in total. The van der Waals surface area contributed by atoms with Gasteiger partial charge in [0.25, 0.3) is 0 Å². The van der Waals surface area contributed by atoms with Crippen LogP contribution >= 0.6 is 0 Å². The summed E-state index contributed by atoms with van der Waals surface area (Å²) >= 11 is 0. The third-order valence-corrected chi connectivity index (χ3v) is 6.77. The van der Waals surface area contributed by atoms with Gasteiger partial charge in [-0.15, -0.1) is 0 Å². The van der Waals surface area contributed by atoms with E-state index in [0.717, 1.165) is 0 Å². The zero-order valence-corrected chi connectivity index (χ0v) is 21.8. The fraction of sp³-hybridized carbons (Fsp3) is 0.875. The lowest BCUT2D eigenvalue weighted by molar-refractivity contribution is -0.147. The van der Waals surface area contributed by atoms with Crippen molar-refractivity contribution >= 4 is 18.2 Å². The van der Waals surface area contributed by atoms with Gasteiger partial charge in [-0.25, -0.2) is 14.4 Å². The van der Waals surface area contributed by atoms with Gasteiger partial charge in [0.15, 0.2) is 17.1 Å². The van der Waals surface area contributed by atoms with Gasteiger partial charge in [-0.05, 0) is 59.8 Å². The summed E-state index contributed by atoms with van der Waals surface area (Å²) in [5.41, 5.74) is -1.69. The molecule has 3 rings (SSSR count). The molecule has 5 atom stereocenters. The normalized spacial score (nSPS) is 31.5. The molecule has 5 unspecified atom stereocenters. The van der Waals surface area contributed by atoms with Crippen LogP contribution in [0.4, 0.5) is 9.59 Å². The highest BCUT2D eigenvalue weighted by molar-refractivity contribution is 5.86. The molecule has 12 heteroatoms. The van der Waals surface area contributed by atoms with Gasteiger partial charge >= 0.3 is 18.2 Å². The highest BCUT2D eigenvalue weighted by Crippen LogP contribution is 2.32. The number of alkyl carbamates (subject to hydrolysis) is 2. The average molecular weight is 517 g/mol. The summed E-state index contributed by atoms with van der Waals surface area (Å²) in [6.45, 7) is 10.2. The fourth-order valence-corrected chi connectivity index (χ4v) is 4.75. The Morgan fingerprint density at radius 1 is 1.03 bits per heavy atom. The predicted octanol–water partition coefficient (Wildman–Crippen LogP) is 2.53. The molecule has 3 fully saturated rings. The lowest BCUT2D eigenvalue weighted by atomic mass is 9.93. The smallest absolute Gasteiger partial charge is 0.408 e. The zero-order valence-electron chi connectivity index (χ0n) is 21.8. The molecule has 0 aromatic rings. The van der Waals surface area contributed by atoms with E-state index in [9.17, 15) is 19.5 Å². The van der Waals surface area contributed by atoms with Crippen molar-refractivity contribution in [3.63, 3.8) is 0 Å². The van der Waals surface area contributed by atoms with E-state index in [1.807, 2.05) is 34.6 Å². The summed E-state index contributed by atoms with van der Waals surface area (Å²) in [6, 6.07) is -0.841. The summed E-state index contributed by atoms with van der Waals surface area (Å²) < 4.78 is 33.1. The quantitative estimate of drug-likeness (QED) is 0.370. The molecule has 206 valence electrons. The number of carboxylic acid groups (broad SMARTS) is 1. The van der Waals surface area contributed by atoms with Gasteiger partial charge in [0.1, 0.15) is 0 Å². The molecule has 12 nitrogen and oxygen atoms in total. The Bertz CT molecular complexity index is 804. The van der Waals surface area contributed by atoms with Crippen LogP contribution < -0.4 is 10.6 Å². The van der Waals surface area contributed by atoms with E-state index >= 15 is 0 Å². The third kappa shape index (κ3) is 7.44. The van der Waals surface area contributed by atoms with E-state index in [0.29, 0.717) is 38.9 Å². The van der Waals surface area contributed by atoms with Gasteiger partial charge in [0.2, 0.25) is 0 Å². The van der Waals surface area contributed by atoms with Crippen LogP contribution in [0.3, 0.4) is 0 Å². The number of carbonyl (C=O) groups excluding carboxylic acids is 2. The van der Waals surface area contributed by atoms with Gasteiger partial charge in [-0.3, -0.25) is 0 Å². The largest absolute Gasteiger partial charge is 0.479 e. The highest BCUT2D eigenvalue weighted by Gasteiger charge is 2.52. The van der Waals surface area contributed by atoms with Crippen molar-refractivity contribution in [1.29, 1.82) is 0 Å². The van der Waals surface area contributed by atoms with Crippen LogP contribution in [0.2, 0.25) is 0 Å². The zero-order chi connectivity index (χ0) is 26.6. The predicted molar refractivity (Wildman–Crippen MR) is 125 cm³/mol. The van der Waals surface area contributed by atoms with Crippen LogP contribution in [0, 0.1) is 5.92 Å². The molecular weight excluding hydrogens is 476 g/mol. The van der Waals surface area contributed by atoms with Crippen molar-refractivity contribution in [2.24, 2.45) is 5.92 Å². The second-order valence-electron chi connectivity index (χ2n) is 10.7. The molecule has 0 radical (unpaired) electrons. The van der Waals surface area contributed by atoms with Crippen LogP contribution in [-0.2, 0) is 33.2 Å². The molecule has 0 spiro atoms. The number of ether oxygens (including phenoxy) is 6. The fourth-order valence-electron chi connectivity index (χ4n) is 4.75. The first kappa shape index (κ1) is 28.4. The molecule has 0 bridgehead atoms. The van der Waals surface area contributed by atoms with E-state index in [1.165, 1.54) is 0 Å². The van der Waals surface area contributed by atoms with Crippen LogP contribution in [-0.4, -0.2) is 85.1 Å². The highest BCUT2D eigenvalue weighted by atomic mass is 16.7. The summed E-state index contributed by atoms with van der Waals surface area (Å²) in [5.74, 6) is -2.70. The minimum Gasteiger partial charge on any atom is -0.479 e. The third-order valence-electron chi connectivity index (χ3n) is 6.77. The van der Waals surface area contributed by atoms with Gasteiger partial charge in [-0.1, -0.05) is 6.92 Å². The van der Waals surface area contributed by atoms with Gasteiger partial charge in [-0.2, -0.15) is 0 Å². The molecule has 2 heterocycles. The van der Waals surface area contributed by atoms with Crippen molar-refractivity contribution in [3.05, 3.63) is 0 Å². The molecule has 36 heavy (non-hydrogen) atoms. The average Bonchev–Trinajstić information content (AvgIpc) is 3.46. The maximum atomic E-state index is 12.5. The molecule has 0 aromatic heterocycles. The molecule has 1 saturated carbocycles. The minimum absolute atomic E-state index is 0.0265. The number of nitrogens with one attached hydrogen (secondary N) is 2. The first-order valence-corrected chi connectivity index (χ1v) is 12.6. The number of carbonyl (C=O) groups is 3. The molecule has 2 aliphatic heterocycles. The number of aliphatic carboxylic acids is 1. The van der Waals surface area contributed by atoms with E-state index in [1.54, 1.807) is 0 Å². The monoisotopic (exact) mass is 516 g/mol. The molecule has 2 amide bonds. The Hall–Kier alpha value is -2.15. The van der Waals surface area contributed by atoms with Gasteiger partial charge in [0, 0.05) is 5.92 Å². The van der Waals surface area contributed by atoms with Crippen molar-refractivity contribution < 1.29 is 47.9 Å².